The molecule has 0 amide bonds. The monoisotopic (exact) mass is 364 g/mol. The van der Waals surface area contributed by atoms with Crippen molar-refractivity contribution < 1.29 is 4.79 Å². The summed E-state index contributed by atoms with van der Waals surface area (Å²) in [5, 5.41) is 0. The second-order valence-corrected chi connectivity index (χ2v) is 6.77. The van der Waals surface area contributed by atoms with E-state index in [-0.39, 0.29) is 5.78 Å². The Balaban J connectivity index is 2.32. The van der Waals surface area contributed by atoms with Crippen LogP contribution in [0.4, 0.5) is 0 Å². The van der Waals surface area contributed by atoms with Crippen LogP contribution in [0.5, 0.6) is 0 Å². The van der Waals surface area contributed by atoms with Crippen LogP contribution in [-0.2, 0) is 0 Å². The number of Topliss-reactive ketones (excluding diaryl/α,β-unsaturated/α-hetero) is 1. The summed E-state index contributed by atoms with van der Waals surface area (Å²) in [5.74, 6) is 0.245. The summed E-state index contributed by atoms with van der Waals surface area (Å²) >= 11 is 8.28. The fourth-order valence-corrected chi connectivity index (χ4v) is 3.36. The standard InChI is InChI=1S/C12H14Br2OS/c1-2-3-4-5-6-7-10(15)11-8-9(13)12(14)16-11/h2,8H,1,3-7H2. The Morgan fingerprint density at radius 1 is 1.38 bits per heavy atom. The molecule has 0 fully saturated rings. The molecule has 0 atom stereocenters. The van der Waals surface area contributed by atoms with E-state index in [1.54, 1.807) is 0 Å². The van der Waals surface area contributed by atoms with Crippen LogP contribution < -0.4 is 0 Å². The van der Waals surface area contributed by atoms with E-state index >= 15 is 0 Å². The molecule has 0 unspecified atom stereocenters. The zero-order valence-electron chi connectivity index (χ0n) is 8.97. The Kier molecular flexibility index (Phi) is 6.54. The van der Waals surface area contributed by atoms with Crippen LogP contribution in [0.15, 0.2) is 27.0 Å². The Labute approximate surface area is 117 Å². The summed E-state index contributed by atoms with van der Waals surface area (Å²) in [7, 11) is 0. The molecule has 0 aliphatic carbocycles. The summed E-state index contributed by atoms with van der Waals surface area (Å²) < 4.78 is 1.95. The third-order valence-electron chi connectivity index (χ3n) is 2.23. The van der Waals surface area contributed by atoms with Crippen molar-refractivity contribution in [2.75, 3.05) is 0 Å². The zero-order chi connectivity index (χ0) is 12.0. The molecule has 0 aromatic carbocycles. The lowest BCUT2D eigenvalue weighted by Crippen LogP contribution is -1.95. The molecule has 16 heavy (non-hydrogen) atoms. The lowest BCUT2D eigenvalue weighted by molar-refractivity contribution is 0.0983. The van der Waals surface area contributed by atoms with Crippen molar-refractivity contribution in [3.8, 4) is 0 Å². The van der Waals surface area contributed by atoms with Crippen LogP contribution >= 0.6 is 43.2 Å². The molecule has 0 bridgehead atoms. The number of hydrogen-bond donors (Lipinski definition) is 0. The largest absolute Gasteiger partial charge is 0.293 e. The Bertz CT molecular complexity index is 352. The number of thiophene rings is 1. The second-order valence-electron chi connectivity index (χ2n) is 3.54. The van der Waals surface area contributed by atoms with E-state index in [0.29, 0.717) is 6.42 Å². The van der Waals surface area contributed by atoms with Crippen molar-refractivity contribution in [3.63, 3.8) is 0 Å². The molecule has 88 valence electrons. The normalized spacial score (nSPS) is 10.4. The number of carbonyl (C=O) groups excluding carboxylic acids is 1. The van der Waals surface area contributed by atoms with Gasteiger partial charge in [0.05, 0.1) is 8.66 Å². The molecule has 0 saturated heterocycles. The predicted molar refractivity (Wildman–Crippen MR) is 77.3 cm³/mol. The van der Waals surface area contributed by atoms with Crippen molar-refractivity contribution in [3.05, 3.63) is 31.9 Å². The van der Waals surface area contributed by atoms with Crippen LogP contribution in [-0.4, -0.2) is 5.78 Å². The summed E-state index contributed by atoms with van der Waals surface area (Å²) in [4.78, 5) is 12.6. The van der Waals surface area contributed by atoms with Gasteiger partial charge in [0.2, 0.25) is 0 Å². The van der Waals surface area contributed by atoms with Gasteiger partial charge in [0.15, 0.2) is 5.78 Å². The van der Waals surface area contributed by atoms with Crippen LogP contribution in [0, 0.1) is 0 Å². The van der Waals surface area contributed by atoms with Crippen LogP contribution in [0.2, 0.25) is 0 Å². The fraction of sp³-hybridized carbons (Fsp3) is 0.417. The molecular weight excluding hydrogens is 352 g/mol. The van der Waals surface area contributed by atoms with Crippen molar-refractivity contribution in [2.45, 2.75) is 32.1 Å². The molecule has 0 radical (unpaired) electrons. The molecule has 0 N–H and O–H groups in total. The van der Waals surface area contributed by atoms with Gasteiger partial charge in [-0.15, -0.1) is 17.9 Å². The maximum atomic E-state index is 11.8. The molecule has 0 spiro atoms. The molecule has 1 rings (SSSR count). The Morgan fingerprint density at radius 3 is 2.69 bits per heavy atom. The summed E-state index contributed by atoms with van der Waals surface area (Å²) in [5.41, 5.74) is 0. The first-order chi connectivity index (χ1) is 7.65. The first-order valence-electron chi connectivity index (χ1n) is 5.24. The number of rotatable bonds is 7. The van der Waals surface area contributed by atoms with E-state index in [1.807, 2.05) is 12.1 Å². The molecule has 4 heteroatoms. The lowest BCUT2D eigenvalue weighted by atomic mass is 10.1. The van der Waals surface area contributed by atoms with Gasteiger partial charge >= 0.3 is 0 Å². The molecule has 0 aliphatic rings. The maximum absolute atomic E-state index is 11.8. The van der Waals surface area contributed by atoms with Crippen molar-refractivity contribution >= 4 is 49.0 Å². The maximum Gasteiger partial charge on any atom is 0.172 e. The van der Waals surface area contributed by atoms with E-state index in [4.69, 9.17) is 0 Å². The minimum atomic E-state index is 0.245. The summed E-state index contributed by atoms with van der Waals surface area (Å²) in [6.45, 7) is 3.68. The molecule has 1 nitrogen and oxygen atoms in total. The highest BCUT2D eigenvalue weighted by molar-refractivity contribution is 9.13. The summed E-state index contributed by atoms with van der Waals surface area (Å²) in [6, 6.07) is 1.89. The van der Waals surface area contributed by atoms with E-state index < -0.39 is 0 Å². The van der Waals surface area contributed by atoms with E-state index in [9.17, 15) is 4.79 Å². The zero-order valence-corrected chi connectivity index (χ0v) is 13.0. The highest BCUT2D eigenvalue weighted by Gasteiger charge is 2.11. The first-order valence-corrected chi connectivity index (χ1v) is 7.64. The molecule has 0 aliphatic heterocycles. The topological polar surface area (TPSA) is 17.1 Å². The Morgan fingerprint density at radius 2 is 2.12 bits per heavy atom. The minimum Gasteiger partial charge on any atom is -0.293 e. The average molecular weight is 366 g/mol. The van der Waals surface area contributed by atoms with Gasteiger partial charge in [-0.1, -0.05) is 12.5 Å². The Hall–Kier alpha value is 0.0700. The predicted octanol–water partition coefficient (Wildman–Crippen LogP) is 5.59. The number of unbranched alkanes of at least 4 members (excludes halogenated alkanes) is 3. The lowest BCUT2D eigenvalue weighted by Gasteiger charge is -1.97. The first kappa shape index (κ1) is 14.1. The van der Waals surface area contributed by atoms with Gasteiger partial charge in [0.1, 0.15) is 0 Å². The van der Waals surface area contributed by atoms with Crippen molar-refractivity contribution in [2.24, 2.45) is 0 Å². The minimum absolute atomic E-state index is 0.245. The van der Waals surface area contributed by atoms with Gasteiger partial charge in [0.25, 0.3) is 0 Å². The van der Waals surface area contributed by atoms with Gasteiger partial charge in [0, 0.05) is 10.9 Å². The number of halogens is 2. The van der Waals surface area contributed by atoms with E-state index in [1.165, 1.54) is 11.3 Å². The number of allylic oxidation sites excluding steroid dienone is 1. The van der Waals surface area contributed by atoms with Crippen LogP contribution in [0.3, 0.4) is 0 Å². The highest BCUT2D eigenvalue weighted by atomic mass is 79.9. The smallest absolute Gasteiger partial charge is 0.172 e. The SMILES string of the molecule is C=CCCCCCC(=O)c1cc(Br)c(Br)s1. The van der Waals surface area contributed by atoms with Gasteiger partial charge < -0.3 is 0 Å². The number of ketones is 1. The third-order valence-corrected chi connectivity index (χ3v) is 5.53. The molecular formula is C12H14Br2OS. The quantitative estimate of drug-likeness (QED) is 0.349. The van der Waals surface area contributed by atoms with Gasteiger partial charge in [-0.2, -0.15) is 0 Å². The fourth-order valence-electron chi connectivity index (χ4n) is 1.36. The highest BCUT2D eigenvalue weighted by Crippen LogP contribution is 2.33. The van der Waals surface area contributed by atoms with Gasteiger partial charge in [-0.25, -0.2) is 0 Å². The van der Waals surface area contributed by atoms with Crippen LogP contribution in [0.1, 0.15) is 41.8 Å². The number of carbonyl (C=O) groups is 1. The molecule has 0 saturated carbocycles. The molecule has 1 aromatic rings. The van der Waals surface area contributed by atoms with Gasteiger partial charge in [-0.3, -0.25) is 4.79 Å². The van der Waals surface area contributed by atoms with Crippen molar-refractivity contribution in [1.82, 2.24) is 0 Å². The molecule has 1 heterocycles. The second kappa shape index (κ2) is 7.41. The van der Waals surface area contributed by atoms with Crippen LogP contribution in [0.25, 0.3) is 0 Å². The summed E-state index contributed by atoms with van der Waals surface area (Å²) in [6.07, 6.45) is 6.83. The number of hydrogen-bond acceptors (Lipinski definition) is 2. The molecule has 1 aromatic heterocycles. The van der Waals surface area contributed by atoms with E-state index in [2.05, 4.69) is 38.4 Å². The van der Waals surface area contributed by atoms with Gasteiger partial charge in [-0.05, 0) is 57.2 Å². The third kappa shape index (κ3) is 4.52. The van der Waals surface area contributed by atoms with Crippen molar-refractivity contribution in [1.29, 1.82) is 0 Å². The van der Waals surface area contributed by atoms with E-state index in [0.717, 1.165) is 38.8 Å². The average Bonchev–Trinajstić information content (AvgIpc) is 2.59.